The zero-order valence-corrected chi connectivity index (χ0v) is 19.7. The Morgan fingerprint density at radius 2 is 2.00 bits per heavy atom. The van der Waals surface area contributed by atoms with Gasteiger partial charge in [0.1, 0.15) is 10.4 Å². The zero-order valence-electron chi connectivity index (χ0n) is 18.0. The van der Waals surface area contributed by atoms with Gasteiger partial charge >= 0.3 is 5.97 Å². The molecule has 6 nitrogen and oxygen atoms in total. The van der Waals surface area contributed by atoms with Crippen LogP contribution in [0.15, 0.2) is 9.95 Å². The molecule has 2 aromatic rings. The summed E-state index contributed by atoms with van der Waals surface area (Å²) in [5.41, 5.74) is 0.728. The first-order chi connectivity index (χ1) is 13.7. The van der Waals surface area contributed by atoms with Gasteiger partial charge in [-0.1, -0.05) is 11.8 Å². The molecule has 0 saturated carbocycles. The lowest BCUT2D eigenvalue weighted by atomic mass is 9.97. The Hall–Kier alpha value is -1.38. The van der Waals surface area contributed by atoms with Crippen molar-refractivity contribution >= 4 is 39.3 Å². The third-order valence-corrected chi connectivity index (χ3v) is 6.90. The monoisotopic (exact) mass is 437 g/mol. The molecule has 0 radical (unpaired) electrons. The van der Waals surface area contributed by atoms with E-state index in [2.05, 4.69) is 4.90 Å². The average Bonchev–Trinajstić information content (AvgIpc) is 2.98. The van der Waals surface area contributed by atoms with Crippen LogP contribution in [0.5, 0.6) is 0 Å². The molecule has 0 amide bonds. The van der Waals surface area contributed by atoms with Crippen molar-refractivity contribution in [3.63, 3.8) is 0 Å². The Morgan fingerprint density at radius 1 is 1.28 bits per heavy atom. The van der Waals surface area contributed by atoms with Crippen LogP contribution in [0, 0.1) is 0 Å². The molecule has 0 atom stereocenters. The van der Waals surface area contributed by atoms with Gasteiger partial charge in [-0.25, -0.2) is 4.98 Å². The van der Waals surface area contributed by atoms with Crippen LogP contribution in [0.3, 0.4) is 0 Å². The Kier molecular flexibility index (Phi) is 7.06. The highest BCUT2D eigenvalue weighted by atomic mass is 32.2. The molecule has 0 aliphatic heterocycles. The summed E-state index contributed by atoms with van der Waals surface area (Å²) in [6, 6.07) is 0. The maximum absolute atomic E-state index is 13.4. The molecule has 2 heterocycles. The number of carbonyl (C=O) groups is 1. The molecule has 0 N–H and O–H groups in total. The van der Waals surface area contributed by atoms with Gasteiger partial charge in [-0.2, -0.15) is 0 Å². The number of hydrogen-bond acceptors (Lipinski definition) is 7. The number of thiophene rings is 1. The quantitative estimate of drug-likeness (QED) is 0.374. The third-order valence-electron chi connectivity index (χ3n) is 4.77. The van der Waals surface area contributed by atoms with E-state index in [0.717, 1.165) is 42.4 Å². The number of esters is 1. The van der Waals surface area contributed by atoms with Gasteiger partial charge in [-0.05, 0) is 79.1 Å². The smallest absolute Gasteiger partial charge is 0.316 e. The highest BCUT2D eigenvalue weighted by Gasteiger charge is 2.23. The minimum atomic E-state index is -0.521. The summed E-state index contributed by atoms with van der Waals surface area (Å²) in [5, 5.41) is 1.42. The van der Waals surface area contributed by atoms with Crippen LogP contribution in [0.4, 0.5) is 0 Å². The molecule has 29 heavy (non-hydrogen) atoms. The van der Waals surface area contributed by atoms with Gasteiger partial charge in [0.2, 0.25) is 0 Å². The van der Waals surface area contributed by atoms with Crippen molar-refractivity contribution in [3.8, 4) is 0 Å². The van der Waals surface area contributed by atoms with Crippen molar-refractivity contribution < 1.29 is 9.53 Å². The second-order valence-electron chi connectivity index (χ2n) is 8.77. The predicted octanol–water partition coefficient (Wildman–Crippen LogP) is 3.72. The molecular weight excluding hydrogens is 406 g/mol. The van der Waals surface area contributed by atoms with Crippen LogP contribution < -0.4 is 5.56 Å². The average molecular weight is 438 g/mol. The molecule has 2 aromatic heterocycles. The maximum atomic E-state index is 13.4. The van der Waals surface area contributed by atoms with Gasteiger partial charge in [0.15, 0.2) is 5.16 Å². The molecule has 0 aromatic carbocycles. The van der Waals surface area contributed by atoms with Gasteiger partial charge in [-0.3, -0.25) is 14.2 Å². The van der Waals surface area contributed by atoms with Crippen LogP contribution in [-0.4, -0.2) is 52.4 Å². The van der Waals surface area contributed by atoms with Crippen molar-refractivity contribution in [1.82, 2.24) is 14.5 Å². The summed E-state index contributed by atoms with van der Waals surface area (Å²) >= 11 is 2.95. The lowest BCUT2D eigenvalue weighted by molar-refractivity contribution is -0.151. The van der Waals surface area contributed by atoms with E-state index in [1.807, 2.05) is 34.9 Å². The lowest BCUT2D eigenvalue weighted by Gasteiger charge is -2.19. The fourth-order valence-corrected chi connectivity index (χ4v) is 5.67. The van der Waals surface area contributed by atoms with Gasteiger partial charge < -0.3 is 9.64 Å². The fourth-order valence-electron chi connectivity index (χ4n) is 3.57. The number of hydrogen-bond donors (Lipinski definition) is 0. The number of aryl methyl sites for hydroxylation is 2. The highest BCUT2D eigenvalue weighted by Crippen LogP contribution is 2.34. The van der Waals surface area contributed by atoms with E-state index in [4.69, 9.17) is 9.72 Å². The molecule has 0 unspecified atom stereocenters. The Balaban J connectivity index is 1.93. The van der Waals surface area contributed by atoms with E-state index in [1.165, 1.54) is 28.6 Å². The van der Waals surface area contributed by atoms with E-state index in [1.54, 1.807) is 15.9 Å². The summed E-state index contributed by atoms with van der Waals surface area (Å²) < 4.78 is 7.18. The van der Waals surface area contributed by atoms with Gasteiger partial charge in [0.05, 0.1) is 11.1 Å². The van der Waals surface area contributed by atoms with Crippen molar-refractivity contribution in [2.75, 3.05) is 26.4 Å². The number of rotatable bonds is 7. The maximum Gasteiger partial charge on any atom is 0.316 e. The second kappa shape index (κ2) is 9.18. The van der Waals surface area contributed by atoms with E-state index < -0.39 is 5.60 Å². The zero-order chi connectivity index (χ0) is 21.2. The number of fused-ring (bicyclic) bond motifs is 3. The molecule has 160 valence electrons. The first-order valence-corrected chi connectivity index (χ1v) is 12.0. The summed E-state index contributed by atoms with van der Waals surface area (Å²) in [7, 11) is 4.05. The minimum absolute atomic E-state index is 0.0415. The Labute approximate surface area is 180 Å². The molecular formula is C21H31N3O3S2. The topological polar surface area (TPSA) is 64.4 Å². The minimum Gasteiger partial charge on any atom is -0.459 e. The molecule has 1 aliphatic carbocycles. The number of aromatic nitrogens is 2. The van der Waals surface area contributed by atoms with Crippen molar-refractivity contribution in [2.45, 2.75) is 70.2 Å². The Bertz CT molecular complexity index is 941. The molecule has 3 rings (SSSR count). The van der Waals surface area contributed by atoms with Crippen LogP contribution in [0.2, 0.25) is 0 Å². The van der Waals surface area contributed by atoms with Crippen LogP contribution in [0.1, 0.15) is 50.5 Å². The number of nitrogens with zero attached hydrogens (tertiary/aromatic N) is 3. The second-order valence-corrected chi connectivity index (χ2v) is 10.8. The lowest BCUT2D eigenvalue weighted by Crippen LogP contribution is -2.27. The Morgan fingerprint density at radius 3 is 2.69 bits per heavy atom. The first kappa shape index (κ1) is 22.3. The normalized spacial score (nSPS) is 14.4. The summed E-state index contributed by atoms with van der Waals surface area (Å²) in [6.07, 6.45) is 5.17. The highest BCUT2D eigenvalue weighted by molar-refractivity contribution is 7.99. The number of thioether (sulfide) groups is 1. The van der Waals surface area contributed by atoms with Gasteiger partial charge in [0, 0.05) is 11.4 Å². The van der Waals surface area contributed by atoms with Crippen LogP contribution in [-0.2, 0) is 28.9 Å². The van der Waals surface area contributed by atoms with Gasteiger partial charge in [0.25, 0.3) is 5.56 Å². The largest absolute Gasteiger partial charge is 0.459 e. The van der Waals surface area contributed by atoms with Crippen LogP contribution >= 0.6 is 23.1 Å². The van der Waals surface area contributed by atoms with E-state index in [9.17, 15) is 9.59 Å². The summed E-state index contributed by atoms with van der Waals surface area (Å²) in [4.78, 5) is 34.7. The predicted molar refractivity (Wildman–Crippen MR) is 120 cm³/mol. The molecule has 0 saturated heterocycles. The van der Waals surface area contributed by atoms with Crippen molar-refractivity contribution in [3.05, 3.63) is 20.8 Å². The molecule has 1 aliphatic rings. The van der Waals surface area contributed by atoms with Crippen LogP contribution in [0.25, 0.3) is 10.2 Å². The molecule has 0 bridgehead atoms. The van der Waals surface area contributed by atoms with E-state index in [0.29, 0.717) is 11.7 Å². The van der Waals surface area contributed by atoms with Crippen molar-refractivity contribution in [1.29, 1.82) is 0 Å². The van der Waals surface area contributed by atoms with Gasteiger partial charge in [-0.15, -0.1) is 11.3 Å². The molecule has 0 spiro atoms. The van der Waals surface area contributed by atoms with E-state index in [-0.39, 0.29) is 17.3 Å². The SMILES string of the molecule is CN(C)CCCn1c(SCC(=O)OC(C)(C)C)nc2sc3c(c2c1=O)CCCC3. The van der Waals surface area contributed by atoms with E-state index >= 15 is 0 Å². The fraction of sp³-hybridized carbons (Fsp3) is 0.667. The first-order valence-electron chi connectivity index (χ1n) is 10.2. The number of carbonyl (C=O) groups excluding carboxylic acids is 1. The summed E-state index contributed by atoms with van der Waals surface area (Å²) in [5.74, 6) is -0.143. The molecule has 0 fully saturated rings. The summed E-state index contributed by atoms with van der Waals surface area (Å²) in [6.45, 7) is 7.05. The molecule has 8 heteroatoms. The third kappa shape index (κ3) is 5.61. The standard InChI is InChI=1S/C21H31N3O3S2/c1-21(2,3)27-16(25)13-28-20-22-18-17(14-9-6-7-10-15(14)29-18)19(26)24(20)12-8-11-23(4)5/h6-13H2,1-5H3. The van der Waals surface area contributed by atoms with Crippen molar-refractivity contribution in [2.24, 2.45) is 0 Å². The number of ether oxygens (including phenoxy) is 1.